The summed E-state index contributed by atoms with van der Waals surface area (Å²) in [7, 11) is 1.76. The average Bonchev–Trinajstić information content (AvgIpc) is 2.50. The minimum absolute atomic E-state index is 0.313. The lowest BCUT2D eigenvalue weighted by Gasteiger charge is -2.36. The second kappa shape index (κ2) is 9.44. The third-order valence-corrected chi connectivity index (χ3v) is 5.22. The smallest absolute Gasteiger partial charge is 0.0909 e. The van der Waals surface area contributed by atoms with Crippen LogP contribution in [0.15, 0.2) is 35.5 Å². The summed E-state index contributed by atoms with van der Waals surface area (Å²) >= 11 is 0. The van der Waals surface area contributed by atoms with E-state index in [-0.39, 0.29) is 0 Å². The molecule has 1 aliphatic carbocycles. The topological polar surface area (TPSA) is 29.5 Å². The number of ether oxygens (including phenoxy) is 1. The molecule has 0 aromatic heterocycles. The Balaban J connectivity index is 3.09. The summed E-state index contributed by atoms with van der Waals surface area (Å²) in [5.41, 5.74) is 2.10. The maximum Gasteiger partial charge on any atom is 0.0909 e. The Morgan fingerprint density at radius 1 is 1.22 bits per heavy atom. The lowest BCUT2D eigenvalue weighted by molar-refractivity contribution is -0.0363. The van der Waals surface area contributed by atoms with Crippen LogP contribution in [0.5, 0.6) is 0 Å². The minimum Gasteiger partial charge on any atom is -0.389 e. The lowest BCUT2D eigenvalue weighted by Crippen LogP contribution is -2.39. The lowest BCUT2D eigenvalue weighted by atomic mass is 9.81. The summed E-state index contributed by atoms with van der Waals surface area (Å²) in [6, 6.07) is 0. The van der Waals surface area contributed by atoms with Gasteiger partial charge in [0, 0.05) is 13.5 Å². The van der Waals surface area contributed by atoms with Crippen LogP contribution in [0.25, 0.3) is 0 Å². The molecule has 0 amide bonds. The van der Waals surface area contributed by atoms with Gasteiger partial charge < -0.3 is 9.84 Å². The summed E-state index contributed by atoms with van der Waals surface area (Å²) in [6.45, 7) is 10.8. The first-order valence-electron chi connectivity index (χ1n) is 9.05. The molecule has 0 bridgehead atoms. The molecular weight excluding hydrogens is 284 g/mol. The molecule has 0 aromatic rings. The molecule has 0 aliphatic heterocycles. The van der Waals surface area contributed by atoms with Crippen LogP contribution >= 0.6 is 0 Å². The molecule has 2 heteroatoms. The Bertz CT molecular complexity index is 445. The van der Waals surface area contributed by atoms with Crippen molar-refractivity contribution in [1.29, 1.82) is 0 Å². The Morgan fingerprint density at radius 3 is 2.52 bits per heavy atom. The normalized spacial score (nSPS) is 37.4. The van der Waals surface area contributed by atoms with Crippen molar-refractivity contribution in [3.05, 3.63) is 35.5 Å². The van der Waals surface area contributed by atoms with Crippen LogP contribution in [-0.2, 0) is 4.74 Å². The molecule has 1 rings (SSSR count). The van der Waals surface area contributed by atoms with E-state index in [0.29, 0.717) is 18.3 Å². The van der Waals surface area contributed by atoms with Crippen LogP contribution in [0.1, 0.15) is 66.7 Å². The van der Waals surface area contributed by atoms with Gasteiger partial charge in [-0.05, 0) is 56.9 Å². The van der Waals surface area contributed by atoms with Gasteiger partial charge in [0.05, 0.1) is 11.7 Å². The Morgan fingerprint density at radius 2 is 1.91 bits per heavy atom. The van der Waals surface area contributed by atoms with Gasteiger partial charge in [0.2, 0.25) is 0 Å². The van der Waals surface area contributed by atoms with E-state index in [9.17, 15) is 5.11 Å². The van der Waals surface area contributed by atoms with Gasteiger partial charge in [-0.15, -0.1) is 0 Å². The highest BCUT2D eigenvalue weighted by Crippen LogP contribution is 2.31. The third kappa shape index (κ3) is 6.27. The highest BCUT2D eigenvalue weighted by molar-refractivity contribution is 5.14. The van der Waals surface area contributed by atoms with Crippen molar-refractivity contribution in [1.82, 2.24) is 0 Å². The van der Waals surface area contributed by atoms with Crippen molar-refractivity contribution < 1.29 is 9.84 Å². The summed E-state index contributed by atoms with van der Waals surface area (Å²) in [5.74, 6) is 0.831. The molecule has 1 N–H and O–H groups in total. The number of hydrogen-bond donors (Lipinski definition) is 1. The zero-order valence-corrected chi connectivity index (χ0v) is 15.9. The number of hydrogen-bond acceptors (Lipinski definition) is 2. The Labute approximate surface area is 143 Å². The van der Waals surface area contributed by atoms with Crippen molar-refractivity contribution >= 4 is 0 Å². The number of allylic oxidation sites excluding steroid dienone is 4. The third-order valence-electron chi connectivity index (χ3n) is 5.22. The van der Waals surface area contributed by atoms with E-state index in [4.69, 9.17) is 4.74 Å². The quantitative estimate of drug-likeness (QED) is 0.687. The molecule has 0 fully saturated rings. The van der Waals surface area contributed by atoms with E-state index < -0.39 is 11.7 Å². The van der Waals surface area contributed by atoms with Gasteiger partial charge in [0.25, 0.3) is 0 Å². The van der Waals surface area contributed by atoms with Crippen LogP contribution in [0.2, 0.25) is 0 Å². The fraction of sp³-hybridized carbons (Fsp3) is 0.714. The maximum atomic E-state index is 10.6. The predicted octanol–water partition coefficient (Wildman–Crippen LogP) is 5.44. The molecular formula is C21H36O2. The highest BCUT2D eigenvalue weighted by atomic mass is 16.5. The summed E-state index contributed by atoms with van der Waals surface area (Å²) in [4.78, 5) is 0. The first kappa shape index (κ1) is 20.2. The molecule has 0 saturated carbocycles. The fourth-order valence-corrected chi connectivity index (χ4v) is 3.13. The molecule has 0 heterocycles. The second-order valence-corrected chi connectivity index (χ2v) is 7.48. The molecule has 1 aliphatic rings. The Kier molecular flexibility index (Phi) is 8.28. The van der Waals surface area contributed by atoms with Gasteiger partial charge in [-0.2, -0.15) is 0 Å². The number of methoxy groups -OCH3 is 1. The molecule has 0 spiro atoms. The molecule has 0 aromatic carbocycles. The van der Waals surface area contributed by atoms with Crippen LogP contribution < -0.4 is 0 Å². The highest BCUT2D eigenvalue weighted by Gasteiger charge is 2.34. The first-order valence-corrected chi connectivity index (χ1v) is 9.05. The average molecular weight is 321 g/mol. The molecule has 0 unspecified atom stereocenters. The van der Waals surface area contributed by atoms with E-state index in [1.165, 1.54) is 5.57 Å². The minimum atomic E-state index is -0.454. The molecule has 3 atom stereocenters. The Hall–Kier alpha value is -0.860. The van der Waals surface area contributed by atoms with Crippen LogP contribution in [0.4, 0.5) is 0 Å². The van der Waals surface area contributed by atoms with Crippen molar-refractivity contribution in [2.75, 3.05) is 7.11 Å². The van der Waals surface area contributed by atoms with Gasteiger partial charge in [-0.3, -0.25) is 0 Å². The fourth-order valence-electron chi connectivity index (χ4n) is 3.13. The van der Waals surface area contributed by atoms with E-state index in [0.717, 1.165) is 31.3 Å². The zero-order valence-electron chi connectivity index (χ0n) is 15.9. The van der Waals surface area contributed by atoms with Gasteiger partial charge in [-0.1, -0.05) is 50.6 Å². The van der Waals surface area contributed by atoms with Crippen molar-refractivity contribution in [2.45, 2.75) is 78.4 Å². The number of rotatable bonds is 2. The van der Waals surface area contributed by atoms with E-state index in [1.807, 2.05) is 6.92 Å². The monoisotopic (exact) mass is 320 g/mol. The van der Waals surface area contributed by atoms with E-state index in [2.05, 4.69) is 52.0 Å². The first-order chi connectivity index (χ1) is 10.8. The van der Waals surface area contributed by atoms with Gasteiger partial charge in [0.15, 0.2) is 0 Å². The molecule has 23 heavy (non-hydrogen) atoms. The van der Waals surface area contributed by atoms with E-state index >= 15 is 0 Å². The molecule has 0 saturated heterocycles. The maximum absolute atomic E-state index is 10.6. The molecule has 2 nitrogen and oxygen atoms in total. The number of aliphatic hydroxyl groups is 1. The SMILES string of the molecule is CO[C@]1(C(C)C)/C=C/[C@@H](C)CC/C=C(\C)CC/C=C(\C)[C@H](O)C1. The van der Waals surface area contributed by atoms with E-state index in [1.54, 1.807) is 7.11 Å². The largest absolute Gasteiger partial charge is 0.389 e. The summed E-state index contributed by atoms with van der Waals surface area (Å²) < 4.78 is 5.90. The predicted molar refractivity (Wildman–Crippen MR) is 99.5 cm³/mol. The van der Waals surface area contributed by atoms with Crippen molar-refractivity contribution in [2.24, 2.45) is 11.8 Å². The van der Waals surface area contributed by atoms with Crippen molar-refractivity contribution in [3.63, 3.8) is 0 Å². The van der Waals surface area contributed by atoms with Crippen LogP contribution in [0.3, 0.4) is 0 Å². The van der Waals surface area contributed by atoms with Crippen molar-refractivity contribution in [3.8, 4) is 0 Å². The van der Waals surface area contributed by atoms with Gasteiger partial charge >= 0.3 is 0 Å². The standard InChI is InChI=1S/C21H36O2/c1-16(2)21(23-6)14-13-18(4)10-7-9-17(3)11-8-12-19(5)20(22)15-21/h9,12-14,16,18,20,22H,7-8,10-11,15H2,1-6H3/b14-13+,17-9+,19-12+/t18-,20+,21+/m0/s1. The van der Waals surface area contributed by atoms with Crippen LogP contribution in [-0.4, -0.2) is 23.9 Å². The number of aliphatic hydroxyl groups excluding tert-OH is 1. The van der Waals surface area contributed by atoms with Gasteiger partial charge in [0.1, 0.15) is 0 Å². The molecule has 132 valence electrons. The summed E-state index contributed by atoms with van der Waals surface area (Å²) in [6.07, 6.45) is 13.5. The summed E-state index contributed by atoms with van der Waals surface area (Å²) in [5, 5.41) is 10.6. The van der Waals surface area contributed by atoms with Crippen LogP contribution in [0, 0.1) is 11.8 Å². The zero-order chi connectivity index (χ0) is 17.5. The second-order valence-electron chi connectivity index (χ2n) is 7.48. The molecule has 0 radical (unpaired) electrons. The van der Waals surface area contributed by atoms with Gasteiger partial charge in [-0.25, -0.2) is 0 Å².